The highest BCUT2D eigenvalue weighted by molar-refractivity contribution is 6.29. The van der Waals surface area contributed by atoms with E-state index in [1.54, 1.807) is 36.4 Å². The molecule has 1 aromatic carbocycles. The third kappa shape index (κ3) is 5.48. The molecule has 2 amide bonds. The molecule has 0 aliphatic heterocycles. The van der Waals surface area contributed by atoms with Crippen molar-refractivity contribution in [2.45, 2.75) is 45.7 Å². The number of fused-ring (bicyclic) bond motifs is 1. The number of nitrogens with zero attached hydrogens (tertiary/aromatic N) is 4. The number of hydrogen-bond donors (Lipinski definition) is 1. The van der Waals surface area contributed by atoms with Crippen LogP contribution in [0.25, 0.3) is 10.9 Å². The number of Topliss-reactive ketones (excluding diaryl/α,β-unsaturated/α-hetero) is 2. The Morgan fingerprint density at radius 2 is 1.91 bits per heavy atom. The lowest BCUT2D eigenvalue weighted by Crippen LogP contribution is -2.41. The maximum absolute atomic E-state index is 13.2. The predicted molar refractivity (Wildman–Crippen MR) is 127 cm³/mol. The summed E-state index contributed by atoms with van der Waals surface area (Å²) in [6, 6.07) is 10.2. The van der Waals surface area contributed by atoms with Crippen LogP contribution in [0.2, 0.25) is 5.15 Å². The van der Waals surface area contributed by atoms with Gasteiger partial charge in [-0.1, -0.05) is 23.7 Å². The lowest BCUT2D eigenvalue weighted by molar-refractivity contribution is -0.135. The maximum atomic E-state index is 13.2. The van der Waals surface area contributed by atoms with Crippen LogP contribution in [-0.2, 0) is 27.3 Å². The average molecular weight is 482 g/mol. The normalized spacial score (nSPS) is 13.0. The first-order valence-corrected chi connectivity index (χ1v) is 11.3. The van der Waals surface area contributed by atoms with Gasteiger partial charge in [0.1, 0.15) is 35.5 Å². The summed E-state index contributed by atoms with van der Waals surface area (Å²) in [5.74, 6) is -0.560. The van der Waals surface area contributed by atoms with Crippen LogP contribution >= 0.6 is 11.6 Å². The summed E-state index contributed by atoms with van der Waals surface area (Å²) in [6.07, 6.45) is 1.90. The first kappa shape index (κ1) is 23.6. The standard InChI is InChI=1S/C24H24ClN5O4/c1-14(31)10-16-6-9-19-18(11-16)24(15(2)32)28-30(19)13-23(34)29(17-7-8-17)12-22(33)27-21-5-3-4-20(25)26-21/h3-6,9,11,17H,7-8,10,12-13H2,1-2H3,(H,26,27,33). The predicted octanol–water partition coefficient (Wildman–Crippen LogP) is 3.05. The van der Waals surface area contributed by atoms with Crippen LogP contribution in [0.1, 0.15) is 42.7 Å². The Balaban J connectivity index is 1.53. The van der Waals surface area contributed by atoms with Crippen LogP contribution < -0.4 is 5.32 Å². The van der Waals surface area contributed by atoms with Gasteiger partial charge in [0.15, 0.2) is 5.78 Å². The topological polar surface area (TPSA) is 114 Å². The molecule has 0 bridgehead atoms. The Hall–Kier alpha value is -3.59. The van der Waals surface area contributed by atoms with Crippen molar-refractivity contribution in [3.63, 3.8) is 0 Å². The number of carbonyl (C=O) groups excluding carboxylic acids is 4. The van der Waals surface area contributed by atoms with E-state index in [0.29, 0.717) is 16.7 Å². The van der Waals surface area contributed by atoms with Gasteiger partial charge in [0.05, 0.1) is 5.52 Å². The molecule has 0 spiro atoms. The van der Waals surface area contributed by atoms with Gasteiger partial charge in [0.2, 0.25) is 11.8 Å². The summed E-state index contributed by atoms with van der Waals surface area (Å²) < 4.78 is 1.48. The van der Waals surface area contributed by atoms with Crippen molar-refractivity contribution < 1.29 is 19.2 Å². The van der Waals surface area contributed by atoms with E-state index in [0.717, 1.165) is 18.4 Å². The minimum absolute atomic E-state index is 0.0117. The average Bonchev–Trinajstić information content (AvgIpc) is 3.53. The zero-order valence-electron chi connectivity index (χ0n) is 18.9. The van der Waals surface area contributed by atoms with Crippen molar-refractivity contribution in [3.8, 4) is 0 Å². The second kappa shape index (κ2) is 9.72. The van der Waals surface area contributed by atoms with Gasteiger partial charge in [-0.3, -0.25) is 23.9 Å². The molecule has 4 rings (SSSR count). The number of hydrogen-bond acceptors (Lipinski definition) is 6. The van der Waals surface area contributed by atoms with E-state index in [1.165, 1.54) is 23.4 Å². The number of anilines is 1. The SMILES string of the molecule is CC(=O)Cc1ccc2c(c1)c(C(C)=O)nn2CC(=O)N(CC(=O)Nc1cccc(Cl)n1)C1CC1. The van der Waals surface area contributed by atoms with Crippen LogP contribution in [-0.4, -0.2) is 55.6 Å². The molecule has 0 saturated heterocycles. The van der Waals surface area contributed by atoms with Gasteiger partial charge >= 0.3 is 0 Å². The second-order valence-electron chi connectivity index (χ2n) is 8.44. The zero-order valence-corrected chi connectivity index (χ0v) is 19.6. The highest BCUT2D eigenvalue weighted by Crippen LogP contribution is 2.28. The smallest absolute Gasteiger partial charge is 0.245 e. The first-order valence-electron chi connectivity index (χ1n) is 10.9. The molecule has 1 saturated carbocycles. The summed E-state index contributed by atoms with van der Waals surface area (Å²) >= 11 is 5.86. The molecule has 1 N–H and O–H groups in total. The quantitative estimate of drug-likeness (QED) is 0.371. The molecule has 3 aromatic rings. The molecule has 0 unspecified atom stereocenters. The fourth-order valence-electron chi connectivity index (χ4n) is 3.85. The number of ketones is 2. The Morgan fingerprint density at radius 1 is 1.15 bits per heavy atom. The summed E-state index contributed by atoms with van der Waals surface area (Å²) in [6.45, 7) is 2.67. The lowest BCUT2D eigenvalue weighted by Gasteiger charge is -2.22. The van der Waals surface area contributed by atoms with E-state index in [-0.39, 0.29) is 59.8 Å². The van der Waals surface area contributed by atoms with Crippen LogP contribution in [0.15, 0.2) is 36.4 Å². The third-order valence-electron chi connectivity index (χ3n) is 5.49. The molecule has 0 atom stereocenters. The van der Waals surface area contributed by atoms with Crippen molar-refractivity contribution in [1.82, 2.24) is 19.7 Å². The Bertz CT molecular complexity index is 1300. The number of carbonyl (C=O) groups is 4. The van der Waals surface area contributed by atoms with Crippen molar-refractivity contribution in [3.05, 3.63) is 52.8 Å². The molecular formula is C24H24ClN5O4. The minimum Gasteiger partial charge on any atom is -0.329 e. The summed E-state index contributed by atoms with van der Waals surface area (Å²) in [7, 11) is 0. The Kier molecular flexibility index (Phi) is 6.74. The van der Waals surface area contributed by atoms with Crippen molar-refractivity contribution in [1.29, 1.82) is 0 Å². The summed E-state index contributed by atoms with van der Waals surface area (Å²) in [5, 5.41) is 7.89. The van der Waals surface area contributed by atoms with Crippen molar-refractivity contribution in [2.24, 2.45) is 0 Å². The number of aromatic nitrogens is 3. The first-order chi connectivity index (χ1) is 16.2. The fraction of sp³-hybridized carbons (Fsp3) is 0.333. The molecule has 1 aliphatic rings. The van der Waals surface area contributed by atoms with Gasteiger partial charge in [-0.2, -0.15) is 5.10 Å². The van der Waals surface area contributed by atoms with E-state index < -0.39 is 0 Å². The summed E-state index contributed by atoms with van der Waals surface area (Å²) in [4.78, 5) is 55.0. The van der Waals surface area contributed by atoms with Gasteiger partial charge in [-0.15, -0.1) is 0 Å². The maximum Gasteiger partial charge on any atom is 0.245 e. The van der Waals surface area contributed by atoms with Crippen LogP contribution in [0, 0.1) is 0 Å². The van der Waals surface area contributed by atoms with E-state index in [4.69, 9.17) is 11.6 Å². The Morgan fingerprint density at radius 3 is 2.56 bits per heavy atom. The monoisotopic (exact) mass is 481 g/mol. The highest BCUT2D eigenvalue weighted by atomic mass is 35.5. The van der Waals surface area contributed by atoms with Crippen molar-refractivity contribution in [2.75, 3.05) is 11.9 Å². The highest BCUT2D eigenvalue weighted by Gasteiger charge is 2.34. The van der Waals surface area contributed by atoms with Crippen LogP contribution in [0.4, 0.5) is 5.82 Å². The molecule has 1 fully saturated rings. The molecule has 176 valence electrons. The number of rotatable bonds is 9. The number of halogens is 1. The number of nitrogens with one attached hydrogen (secondary N) is 1. The van der Waals surface area contributed by atoms with E-state index in [2.05, 4.69) is 15.4 Å². The molecule has 2 heterocycles. The van der Waals surface area contributed by atoms with E-state index in [1.807, 2.05) is 0 Å². The number of pyridine rings is 1. The molecule has 34 heavy (non-hydrogen) atoms. The van der Waals surface area contributed by atoms with Gasteiger partial charge in [-0.25, -0.2) is 4.98 Å². The second-order valence-corrected chi connectivity index (χ2v) is 8.83. The molecule has 1 aliphatic carbocycles. The lowest BCUT2D eigenvalue weighted by atomic mass is 10.1. The van der Waals surface area contributed by atoms with Gasteiger partial charge in [-0.05, 0) is 49.6 Å². The molecule has 2 aromatic heterocycles. The largest absolute Gasteiger partial charge is 0.329 e. The van der Waals surface area contributed by atoms with Gasteiger partial charge in [0.25, 0.3) is 0 Å². The van der Waals surface area contributed by atoms with Crippen LogP contribution in [0.3, 0.4) is 0 Å². The number of benzene rings is 1. The van der Waals surface area contributed by atoms with Crippen molar-refractivity contribution >= 4 is 51.7 Å². The minimum atomic E-state index is -0.376. The summed E-state index contributed by atoms with van der Waals surface area (Å²) in [5.41, 5.74) is 1.64. The van der Waals surface area contributed by atoms with E-state index in [9.17, 15) is 19.2 Å². The van der Waals surface area contributed by atoms with Crippen LogP contribution in [0.5, 0.6) is 0 Å². The van der Waals surface area contributed by atoms with E-state index >= 15 is 0 Å². The molecular weight excluding hydrogens is 458 g/mol. The molecule has 0 radical (unpaired) electrons. The molecule has 9 nitrogen and oxygen atoms in total. The molecule has 10 heteroatoms. The third-order valence-corrected chi connectivity index (χ3v) is 5.70. The fourth-order valence-corrected chi connectivity index (χ4v) is 4.01. The Labute approximate surface area is 201 Å². The number of amides is 2. The zero-order chi connectivity index (χ0) is 24.4. The van der Waals surface area contributed by atoms with Gasteiger partial charge < -0.3 is 10.2 Å². The van der Waals surface area contributed by atoms with Gasteiger partial charge in [0, 0.05) is 24.8 Å².